The van der Waals surface area contributed by atoms with Crippen LogP contribution in [-0.2, 0) is 83.7 Å². The Labute approximate surface area is 678 Å². The van der Waals surface area contributed by atoms with Crippen LogP contribution in [0, 0.1) is 57.2 Å². The minimum absolute atomic E-state index is 0.0681. The molecule has 14 nitrogen and oxygen atoms in total. The number of phenols is 2. The lowest BCUT2D eigenvalue weighted by Gasteiger charge is -2.76. The molecule has 28 rings (SSSR count). The van der Waals surface area contributed by atoms with Crippen LogP contribution in [0.2, 0.25) is 0 Å². The van der Waals surface area contributed by atoms with Gasteiger partial charge < -0.3 is 52.8 Å². The van der Waals surface area contributed by atoms with Crippen molar-refractivity contribution in [3.05, 3.63) is 182 Å². The number of fused-ring (bicyclic) bond motifs is 7. The van der Waals surface area contributed by atoms with Crippen LogP contribution in [0.5, 0.6) is 28.7 Å². The zero-order valence-corrected chi connectivity index (χ0v) is 69.3. The van der Waals surface area contributed by atoms with E-state index >= 15 is 0 Å². The second-order valence-corrected chi connectivity index (χ2v) is 42.1. The van der Waals surface area contributed by atoms with Gasteiger partial charge in [-0.3, -0.25) is 14.7 Å². The monoisotopic (exact) mass is 1560 g/mol. The second-order valence-electron chi connectivity index (χ2n) is 40.9. The molecule has 2 N–H and O–H groups in total. The maximum absolute atomic E-state index is 11.1. The van der Waals surface area contributed by atoms with Gasteiger partial charge in [-0.15, -0.1) is 11.3 Å². The van der Waals surface area contributed by atoms with E-state index in [2.05, 4.69) is 158 Å². The van der Waals surface area contributed by atoms with Gasteiger partial charge >= 0.3 is 0 Å². The molecule has 3 unspecified atom stereocenters. The van der Waals surface area contributed by atoms with Gasteiger partial charge in [-0.25, -0.2) is 0 Å². The van der Waals surface area contributed by atoms with Gasteiger partial charge in [0.2, 0.25) is 0 Å². The first kappa shape index (κ1) is 73.1. The van der Waals surface area contributed by atoms with E-state index in [0.717, 1.165) is 113 Å². The summed E-state index contributed by atoms with van der Waals surface area (Å²) in [7, 11) is 5.74. The van der Waals surface area contributed by atoms with E-state index in [1.165, 1.54) is 150 Å². The number of thiophene rings is 1. The second kappa shape index (κ2) is 25.5. The molecule has 602 valence electrons. The smallest absolute Gasteiger partial charge is 0.165 e. The molecular weight excluding hydrogens is 1440 g/mol. The molecule has 114 heavy (non-hydrogen) atoms. The number of nitrogens with zero attached hydrogens (tertiary/aromatic N) is 3. The number of aromatic hydroxyl groups is 2. The molecule has 6 aromatic carbocycles. The van der Waals surface area contributed by atoms with E-state index in [4.69, 9.17) is 42.6 Å². The van der Waals surface area contributed by atoms with Crippen molar-refractivity contribution in [1.82, 2.24) is 14.7 Å². The van der Waals surface area contributed by atoms with Crippen molar-refractivity contribution in [3.8, 4) is 28.7 Å². The van der Waals surface area contributed by atoms with Crippen LogP contribution in [0.25, 0.3) is 10.1 Å². The average Bonchev–Trinajstić information content (AvgIpc) is 1.25. The summed E-state index contributed by atoms with van der Waals surface area (Å²) in [6, 6.07) is 46.4. The van der Waals surface area contributed by atoms with Crippen molar-refractivity contribution in [3.63, 3.8) is 0 Å². The standard InChI is InChI=1S/C34H39NO4S.C33H41NO3.C32H39NO4/c1-31(20-38-18-24-15-22-5-3-4-6-26(22)40-24)19-32-11-12-34(31,37-2)30-33(32)13-14-35(17-21-7-8-21)27(32)16-23-9-10-25(36)29(39-30)28(23)33;1-22-9-12-25-17-26-31-13-14-33(35-3,30(2,20-31)21-36-19-24-7-5-4-6-8-24)29-32(31,27(25)28(22)37-29)15-16-34(26)18-23-10-11-23;1-29(20-36-18-22-6-4-3-5-7-22)19-30-12-13-32(29,35-2)28-31(30)14-15-33(17-21-8-9-21)25(30)16-23-10-11-24(34)27(37-28)26(23)31/h3-6,9-10,15,21,27,30,36H,7-8,11-14,16-20H2,1-2H3;4-9,12,23,26,29H,10-11,13-21H2,1-3H3;3-7,10-11,21,25,28,34H,8-9,12-20H2,1-2H3/t27-,30?,31-,32-,33+,34+;26-,29?,30-,31-,32+,33+;25-,28?,29-,30-,31+,32+/m111/s1. The van der Waals surface area contributed by atoms with Crippen LogP contribution >= 0.6 is 11.3 Å². The largest absolute Gasteiger partial charge is 0.504 e. The molecule has 6 spiro atoms. The molecule has 6 aliphatic heterocycles. The molecule has 0 amide bonds. The summed E-state index contributed by atoms with van der Waals surface area (Å²) in [6.45, 7) is 20.6. The predicted molar refractivity (Wildman–Crippen MR) is 441 cm³/mol. The highest BCUT2D eigenvalue weighted by Gasteiger charge is 2.87. The zero-order chi connectivity index (χ0) is 77.0. The summed E-state index contributed by atoms with van der Waals surface area (Å²) < 4.78 is 62.4. The Morgan fingerprint density at radius 1 is 0.421 bits per heavy atom. The molecule has 15 heteroatoms. The normalized spacial score (nSPS) is 40.2. The number of hydrogen-bond acceptors (Lipinski definition) is 15. The Bertz CT molecular complexity index is 4760. The van der Waals surface area contributed by atoms with E-state index in [0.29, 0.717) is 69.3 Å². The quantitative estimate of drug-likeness (QED) is 0.0707. The Morgan fingerprint density at radius 2 is 0.789 bits per heavy atom. The van der Waals surface area contributed by atoms with Crippen LogP contribution in [-0.4, -0.2) is 159 Å². The molecule has 12 saturated carbocycles. The topological polar surface area (TPSA) is 133 Å². The van der Waals surface area contributed by atoms with Gasteiger partial charge in [0.15, 0.2) is 23.0 Å². The summed E-state index contributed by atoms with van der Waals surface area (Å²) in [5.41, 5.74) is 10.9. The van der Waals surface area contributed by atoms with Gasteiger partial charge in [-0.05, 0) is 242 Å². The van der Waals surface area contributed by atoms with E-state index in [1.807, 2.05) is 44.8 Å². The first-order valence-corrected chi connectivity index (χ1v) is 45.2. The maximum atomic E-state index is 11.1. The number of aryl methyl sites for hydroxylation is 1. The van der Waals surface area contributed by atoms with E-state index in [1.54, 1.807) is 11.1 Å². The zero-order valence-electron chi connectivity index (χ0n) is 68.5. The van der Waals surface area contributed by atoms with E-state index < -0.39 is 11.2 Å². The summed E-state index contributed by atoms with van der Waals surface area (Å²) >= 11 is 1.83. The third kappa shape index (κ3) is 9.52. The molecule has 1 aromatic heterocycles. The average molecular weight is 1560 g/mol. The van der Waals surface area contributed by atoms with Crippen molar-refractivity contribution < 1.29 is 52.8 Å². The third-order valence-electron chi connectivity index (χ3n) is 35.9. The lowest BCUT2D eigenvalue weighted by atomic mass is 9.32. The lowest BCUT2D eigenvalue weighted by Crippen LogP contribution is -2.83. The van der Waals surface area contributed by atoms with Gasteiger partial charge in [0, 0.05) is 134 Å². The van der Waals surface area contributed by atoms with Crippen molar-refractivity contribution in [2.45, 2.75) is 252 Å². The molecule has 18 atom stereocenters. The number of likely N-dealkylation sites (tertiary alicyclic amines) is 3. The maximum Gasteiger partial charge on any atom is 0.165 e. The first-order chi connectivity index (χ1) is 55.4. The minimum atomic E-state index is -0.460. The number of piperidine rings is 3. The summed E-state index contributed by atoms with van der Waals surface area (Å²) in [5, 5.41) is 23.4. The third-order valence-corrected chi connectivity index (χ3v) is 37.0. The molecule has 21 aliphatic rings. The Morgan fingerprint density at radius 3 is 1.18 bits per heavy atom. The number of methoxy groups -OCH3 is 3. The summed E-state index contributed by atoms with van der Waals surface area (Å²) in [4.78, 5) is 9.94. The van der Waals surface area contributed by atoms with Crippen molar-refractivity contribution >= 4 is 21.4 Å². The Balaban J connectivity index is 0.000000102. The Kier molecular flexibility index (Phi) is 16.3. The van der Waals surface area contributed by atoms with Gasteiger partial charge in [0.25, 0.3) is 0 Å². The summed E-state index contributed by atoms with van der Waals surface area (Å²) in [6.07, 6.45) is 24.9. The predicted octanol–water partition coefficient (Wildman–Crippen LogP) is 17.5. The van der Waals surface area contributed by atoms with Crippen molar-refractivity contribution in [2.24, 2.45) is 50.2 Å². The van der Waals surface area contributed by atoms with Crippen LogP contribution in [0.3, 0.4) is 0 Å². The molecule has 7 aromatic rings. The number of rotatable bonds is 21. The molecule has 3 saturated heterocycles. The number of ether oxygens (including phenoxy) is 9. The Hall–Kier alpha value is -6.08. The number of benzene rings is 6. The highest BCUT2D eigenvalue weighted by atomic mass is 32.1. The molecular formula is C99H119N3O11S. The van der Waals surface area contributed by atoms with Crippen LogP contribution < -0.4 is 14.2 Å². The highest BCUT2D eigenvalue weighted by Crippen LogP contribution is 2.83. The van der Waals surface area contributed by atoms with Crippen LogP contribution in [0.1, 0.15) is 191 Å². The van der Waals surface area contributed by atoms with Crippen molar-refractivity contribution in [1.29, 1.82) is 0 Å². The number of phenolic OH excluding ortho intramolecular Hbond substituents is 2. The van der Waals surface area contributed by atoms with Gasteiger partial charge in [0.05, 0.1) is 39.6 Å². The lowest BCUT2D eigenvalue weighted by molar-refractivity contribution is -0.314. The van der Waals surface area contributed by atoms with Gasteiger partial charge in [0.1, 0.15) is 40.9 Å². The molecule has 7 heterocycles. The molecule has 12 bridgehead atoms. The SMILES string of the molecule is CO[C@]12CC[C@@]3(C[C@]1(C)COCc1cc4ccccc4s1)[C@H]1Cc4ccc(O)c5c4[C@@]3(CCN1CC1CC1)C2O5.CO[C@]12CC[C@@]3(C[C@]1(C)COCc1ccccc1)[C@H]1Cc4ccc(C)c5c4[C@@]3(CCN1CC1CC1)C2O5.CO[C@]12CC[C@@]3(C[C@]1(C)COCc1ccccc1)[C@H]1Cc4ccc(O)c5c4[C@@]3(CCN1CC1CC1)C2O5. The number of hydrogen-bond donors (Lipinski definition) is 2. The molecule has 15 fully saturated rings. The first-order valence-electron chi connectivity index (χ1n) is 44.4. The highest BCUT2D eigenvalue weighted by molar-refractivity contribution is 7.19. The van der Waals surface area contributed by atoms with Gasteiger partial charge in [-0.2, -0.15) is 0 Å². The fraction of sp³-hybridized carbons (Fsp3) is 0.616. The fourth-order valence-electron chi connectivity index (χ4n) is 31.0. The minimum Gasteiger partial charge on any atom is -0.504 e. The molecule has 0 radical (unpaired) electrons. The van der Waals surface area contributed by atoms with Crippen molar-refractivity contribution in [2.75, 3.05) is 80.4 Å². The van der Waals surface area contributed by atoms with E-state index in [9.17, 15) is 10.2 Å². The van der Waals surface area contributed by atoms with Crippen LogP contribution in [0.15, 0.2) is 127 Å². The van der Waals surface area contributed by atoms with Crippen LogP contribution in [0.4, 0.5) is 0 Å². The van der Waals surface area contributed by atoms with Gasteiger partial charge in [-0.1, -0.05) is 124 Å². The van der Waals surface area contributed by atoms with E-state index in [-0.39, 0.29) is 72.6 Å². The summed E-state index contributed by atoms with van der Waals surface area (Å²) in [5.74, 6) is 5.95. The fourth-order valence-corrected chi connectivity index (χ4v) is 32.0. The molecule has 15 aliphatic carbocycles.